The van der Waals surface area contributed by atoms with Crippen molar-refractivity contribution in [2.45, 2.75) is 6.92 Å². The molecule has 2 aromatic heterocycles. The minimum atomic E-state index is -0.589. The van der Waals surface area contributed by atoms with Gasteiger partial charge in [-0.3, -0.25) is 4.79 Å². The number of hydrogen-bond acceptors (Lipinski definition) is 4. The molecule has 27 heavy (non-hydrogen) atoms. The summed E-state index contributed by atoms with van der Waals surface area (Å²) < 4.78 is 19.4. The number of fused-ring (bicyclic) bond motifs is 1. The first-order chi connectivity index (χ1) is 13.0. The number of aromatic nitrogens is 2. The van der Waals surface area contributed by atoms with Gasteiger partial charge in [0.2, 0.25) is 0 Å². The molecule has 0 saturated carbocycles. The Labute approximate surface area is 158 Å². The van der Waals surface area contributed by atoms with E-state index in [0.717, 1.165) is 10.9 Å². The van der Waals surface area contributed by atoms with Crippen molar-refractivity contribution in [2.24, 2.45) is 0 Å². The lowest BCUT2D eigenvalue weighted by molar-refractivity contribution is 0.102. The van der Waals surface area contributed by atoms with Crippen LogP contribution in [0.3, 0.4) is 0 Å². The quantitative estimate of drug-likeness (QED) is 0.526. The molecule has 5 nitrogen and oxygen atoms in total. The van der Waals surface area contributed by atoms with E-state index in [1.54, 1.807) is 13.0 Å². The van der Waals surface area contributed by atoms with Crippen LogP contribution in [0.5, 0.6) is 0 Å². The summed E-state index contributed by atoms with van der Waals surface area (Å²) >= 11 is 6.11. The zero-order chi connectivity index (χ0) is 19.0. The normalized spacial score (nSPS) is 10.9. The van der Waals surface area contributed by atoms with Crippen LogP contribution in [0.15, 0.2) is 59.1 Å². The van der Waals surface area contributed by atoms with Crippen molar-refractivity contribution in [3.63, 3.8) is 0 Å². The number of aryl methyl sites for hydroxylation is 1. The van der Waals surface area contributed by atoms with Crippen molar-refractivity contribution >= 4 is 34.2 Å². The molecular weight excluding hydrogens is 369 g/mol. The second kappa shape index (κ2) is 6.81. The van der Waals surface area contributed by atoms with E-state index in [4.69, 9.17) is 16.1 Å². The van der Waals surface area contributed by atoms with Gasteiger partial charge in [0.25, 0.3) is 5.91 Å². The van der Waals surface area contributed by atoms with Crippen molar-refractivity contribution in [1.29, 1.82) is 0 Å². The van der Waals surface area contributed by atoms with Gasteiger partial charge in [0.15, 0.2) is 0 Å². The number of carbonyl (C=O) groups excluding carboxylic acids is 1. The summed E-state index contributed by atoms with van der Waals surface area (Å²) in [7, 11) is 0. The first-order valence-corrected chi connectivity index (χ1v) is 8.50. The Balaban J connectivity index is 1.73. The molecule has 0 aliphatic heterocycles. The van der Waals surface area contributed by atoms with E-state index >= 15 is 0 Å². The number of para-hydroxylation sites is 1. The van der Waals surface area contributed by atoms with Crippen LogP contribution in [0.4, 0.5) is 10.2 Å². The van der Waals surface area contributed by atoms with Gasteiger partial charge in [0.05, 0.1) is 16.1 Å². The minimum Gasteiger partial charge on any atom is -0.360 e. The maximum atomic E-state index is 14.3. The zero-order valence-corrected chi connectivity index (χ0v) is 14.9. The second-order valence-electron chi connectivity index (χ2n) is 5.90. The molecule has 0 unspecified atom stereocenters. The number of halogens is 2. The van der Waals surface area contributed by atoms with Crippen LogP contribution in [-0.2, 0) is 0 Å². The Kier molecular flexibility index (Phi) is 4.33. The average Bonchev–Trinajstić information content (AvgIpc) is 3.03. The lowest BCUT2D eigenvalue weighted by atomic mass is 10.0. The fourth-order valence-electron chi connectivity index (χ4n) is 2.85. The third kappa shape index (κ3) is 3.15. The predicted molar refractivity (Wildman–Crippen MR) is 101 cm³/mol. The van der Waals surface area contributed by atoms with E-state index in [0.29, 0.717) is 5.82 Å². The largest absolute Gasteiger partial charge is 0.360 e. The standard InChI is InChI=1S/C20H13ClFN3O2/c1-11-17(19(25-27-11)18-13(21)6-4-7-14(18)22)20(26)24-16-10-9-12-5-2-3-8-15(12)23-16/h2-10H,1H3,(H,23,24,26). The molecule has 0 bridgehead atoms. The molecular formula is C20H13ClFN3O2. The number of pyridine rings is 1. The molecule has 1 amide bonds. The third-order valence-electron chi connectivity index (χ3n) is 4.13. The lowest BCUT2D eigenvalue weighted by Crippen LogP contribution is -2.14. The van der Waals surface area contributed by atoms with E-state index in [2.05, 4.69) is 15.5 Å². The van der Waals surface area contributed by atoms with Crippen LogP contribution >= 0.6 is 11.6 Å². The first kappa shape index (κ1) is 17.2. The van der Waals surface area contributed by atoms with Gasteiger partial charge in [-0.25, -0.2) is 9.37 Å². The van der Waals surface area contributed by atoms with Crippen molar-refractivity contribution in [2.75, 3.05) is 5.32 Å². The Hall–Kier alpha value is -3.25. The van der Waals surface area contributed by atoms with Crippen molar-refractivity contribution in [3.05, 3.63) is 76.8 Å². The van der Waals surface area contributed by atoms with E-state index in [1.807, 2.05) is 30.3 Å². The summed E-state index contributed by atoms with van der Waals surface area (Å²) in [5.41, 5.74) is 0.924. The van der Waals surface area contributed by atoms with Gasteiger partial charge in [-0.1, -0.05) is 41.0 Å². The number of amides is 1. The number of nitrogens with zero attached hydrogens (tertiary/aromatic N) is 2. The van der Waals surface area contributed by atoms with Crippen LogP contribution < -0.4 is 5.32 Å². The van der Waals surface area contributed by atoms with Gasteiger partial charge < -0.3 is 9.84 Å². The predicted octanol–water partition coefficient (Wildman–Crippen LogP) is 5.24. The molecule has 0 atom stereocenters. The highest BCUT2D eigenvalue weighted by Gasteiger charge is 2.25. The Morgan fingerprint density at radius 1 is 1.11 bits per heavy atom. The second-order valence-corrected chi connectivity index (χ2v) is 6.31. The minimum absolute atomic E-state index is 0.0210. The molecule has 0 radical (unpaired) electrons. The van der Waals surface area contributed by atoms with Crippen LogP contribution in [0.25, 0.3) is 22.2 Å². The summed E-state index contributed by atoms with van der Waals surface area (Å²) in [6.45, 7) is 1.58. The van der Waals surface area contributed by atoms with Gasteiger partial charge in [-0.2, -0.15) is 0 Å². The Morgan fingerprint density at radius 3 is 2.74 bits per heavy atom. The highest BCUT2D eigenvalue weighted by molar-refractivity contribution is 6.33. The number of carbonyl (C=O) groups is 1. The van der Waals surface area contributed by atoms with Crippen LogP contribution in [-0.4, -0.2) is 16.0 Å². The summed E-state index contributed by atoms with van der Waals surface area (Å²) in [6, 6.07) is 15.3. The molecule has 134 valence electrons. The van der Waals surface area contributed by atoms with Crippen molar-refractivity contribution < 1.29 is 13.7 Å². The number of benzene rings is 2. The van der Waals surface area contributed by atoms with Crippen LogP contribution in [0, 0.1) is 12.7 Å². The van der Waals surface area contributed by atoms with Crippen molar-refractivity contribution in [1.82, 2.24) is 10.1 Å². The van der Waals surface area contributed by atoms with Gasteiger partial charge in [0.1, 0.15) is 28.7 Å². The molecule has 4 rings (SSSR count). The summed E-state index contributed by atoms with van der Waals surface area (Å²) in [6.07, 6.45) is 0. The molecule has 1 N–H and O–H groups in total. The highest BCUT2D eigenvalue weighted by Crippen LogP contribution is 2.33. The van der Waals surface area contributed by atoms with E-state index in [-0.39, 0.29) is 27.6 Å². The number of anilines is 1. The maximum Gasteiger partial charge on any atom is 0.262 e. The molecule has 2 heterocycles. The van der Waals surface area contributed by atoms with Crippen LogP contribution in [0.1, 0.15) is 16.1 Å². The smallest absolute Gasteiger partial charge is 0.262 e. The summed E-state index contributed by atoms with van der Waals surface area (Å²) in [4.78, 5) is 17.2. The highest BCUT2D eigenvalue weighted by atomic mass is 35.5. The van der Waals surface area contributed by atoms with Gasteiger partial charge in [0, 0.05) is 5.39 Å². The Morgan fingerprint density at radius 2 is 1.93 bits per heavy atom. The van der Waals surface area contributed by atoms with Crippen molar-refractivity contribution in [3.8, 4) is 11.3 Å². The molecule has 0 saturated heterocycles. The molecule has 7 heteroatoms. The summed E-state index contributed by atoms with van der Waals surface area (Å²) in [5.74, 6) is -0.480. The molecule has 2 aromatic carbocycles. The van der Waals surface area contributed by atoms with Gasteiger partial charge in [-0.05, 0) is 37.3 Å². The Bertz CT molecular complexity index is 1150. The fourth-order valence-corrected chi connectivity index (χ4v) is 3.10. The van der Waals surface area contributed by atoms with Gasteiger partial charge in [-0.15, -0.1) is 0 Å². The fraction of sp³-hybridized carbons (Fsp3) is 0.0500. The van der Waals surface area contributed by atoms with Gasteiger partial charge >= 0.3 is 0 Å². The molecule has 0 aliphatic carbocycles. The zero-order valence-electron chi connectivity index (χ0n) is 14.2. The monoisotopic (exact) mass is 381 g/mol. The number of hydrogen-bond donors (Lipinski definition) is 1. The van der Waals surface area contributed by atoms with E-state index < -0.39 is 11.7 Å². The van der Waals surface area contributed by atoms with Crippen LogP contribution in [0.2, 0.25) is 5.02 Å². The first-order valence-electron chi connectivity index (χ1n) is 8.12. The van der Waals surface area contributed by atoms with E-state index in [9.17, 15) is 9.18 Å². The molecule has 0 fully saturated rings. The molecule has 0 spiro atoms. The number of rotatable bonds is 3. The number of nitrogens with one attached hydrogen (secondary N) is 1. The maximum absolute atomic E-state index is 14.3. The van der Waals surface area contributed by atoms with E-state index in [1.165, 1.54) is 18.2 Å². The third-order valence-corrected chi connectivity index (χ3v) is 4.44. The lowest BCUT2D eigenvalue weighted by Gasteiger charge is -2.07. The SMILES string of the molecule is Cc1onc(-c2c(F)cccc2Cl)c1C(=O)Nc1ccc2ccccc2n1. The summed E-state index contributed by atoms with van der Waals surface area (Å²) in [5, 5.41) is 7.64. The topological polar surface area (TPSA) is 68.0 Å². The molecule has 4 aromatic rings. The average molecular weight is 382 g/mol. The molecule has 0 aliphatic rings.